The number of fused-ring (bicyclic) bond motifs is 1. The van der Waals surface area contributed by atoms with Crippen LogP contribution in [0.4, 0.5) is 0 Å². The normalized spacial score (nSPS) is 9.60. The highest BCUT2D eigenvalue weighted by Gasteiger charge is 2.12. The largest absolute Gasteiger partial charge is 0.507 e. The van der Waals surface area contributed by atoms with E-state index in [1.807, 2.05) is 6.07 Å². The summed E-state index contributed by atoms with van der Waals surface area (Å²) < 4.78 is 0. The molecule has 0 heterocycles. The second-order valence-corrected chi connectivity index (χ2v) is 2.99. The van der Waals surface area contributed by atoms with E-state index in [0.717, 1.165) is 5.39 Å². The van der Waals surface area contributed by atoms with Gasteiger partial charge in [-0.1, -0.05) is 30.3 Å². The smallest absolute Gasteiger partial charge is 0.340 e. The van der Waals surface area contributed by atoms with Crippen molar-refractivity contribution in [3.8, 4) is 5.75 Å². The third kappa shape index (κ3) is 2.04. The van der Waals surface area contributed by atoms with Gasteiger partial charge in [0.1, 0.15) is 11.3 Å². The quantitative estimate of drug-likeness (QED) is 0.796. The maximum atomic E-state index is 10.9. The van der Waals surface area contributed by atoms with Crippen LogP contribution in [0.5, 0.6) is 5.75 Å². The SMILES string of the molecule is I.O=C(O)c1c(O)ccc2ccccc12. The Balaban J connectivity index is 0.00000112. The zero-order valence-corrected chi connectivity index (χ0v) is 10.0. The number of carbonyl (C=O) groups is 1. The molecule has 78 valence electrons. The van der Waals surface area contributed by atoms with Crippen molar-refractivity contribution in [2.75, 3.05) is 0 Å². The Morgan fingerprint density at radius 1 is 1.07 bits per heavy atom. The second-order valence-electron chi connectivity index (χ2n) is 2.99. The van der Waals surface area contributed by atoms with Crippen LogP contribution in [0, 0.1) is 0 Å². The number of rotatable bonds is 1. The summed E-state index contributed by atoms with van der Waals surface area (Å²) in [5.41, 5.74) is -0.0388. The molecule has 3 nitrogen and oxygen atoms in total. The number of benzene rings is 2. The van der Waals surface area contributed by atoms with Gasteiger partial charge in [0.2, 0.25) is 0 Å². The summed E-state index contributed by atoms with van der Waals surface area (Å²) in [4.78, 5) is 10.9. The van der Waals surface area contributed by atoms with Gasteiger partial charge >= 0.3 is 5.97 Å². The first kappa shape index (κ1) is 11.8. The van der Waals surface area contributed by atoms with Crippen molar-refractivity contribution < 1.29 is 15.0 Å². The molecule has 2 aromatic rings. The maximum Gasteiger partial charge on any atom is 0.340 e. The number of aromatic hydroxyl groups is 1. The van der Waals surface area contributed by atoms with E-state index < -0.39 is 5.97 Å². The predicted octanol–water partition coefficient (Wildman–Crippen LogP) is 2.86. The first-order valence-electron chi connectivity index (χ1n) is 4.14. The van der Waals surface area contributed by atoms with E-state index in [9.17, 15) is 9.90 Å². The fourth-order valence-electron chi connectivity index (χ4n) is 1.48. The molecule has 0 saturated heterocycles. The number of halogens is 1. The fourth-order valence-corrected chi connectivity index (χ4v) is 1.48. The van der Waals surface area contributed by atoms with E-state index >= 15 is 0 Å². The van der Waals surface area contributed by atoms with Gasteiger partial charge in [0.15, 0.2) is 0 Å². The van der Waals surface area contributed by atoms with Crippen molar-refractivity contribution in [2.45, 2.75) is 0 Å². The van der Waals surface area contributed by atoms with Gasteiger partial charge in [-0.15, -0.1) is 24.0 Å². The lowest BCUT2D eigenvalue weighted by atomic mass is 10.0. The zero-order chi connectivity index (χ0) is 10.1. The molecule has 0 amide bonds. The Morgan fingerprint density at radius 3 is 2.40 bits per heavy atom. The van der Waals surface area contributed by atoms with Gasteiger partial charge in [0.25, 0.3) is 0 Å². The lowest BCUT2D eigenvalue weighted by molar-refractivity contribution is 0.0696. The average molecular weight is 316 g/mol. The van der Waals surface area contributed by atoms with Crippen LogP contribution in [0.1, 0.15) is 10.4 Å². The highest BCUT2D eigenvalue weighted by atomic mass is 127. The van der Waals surface area contributed by atoms with Gasteiger partial charge < -0.3 is 10.2 Å². The molecule has 0 fully saturated rings. The predicted molar refractivity (Wildman–Crippen MR) is 68.0 cm³/mol. The average Bonchev–Trinajstić information content (AvgIpc) is 2.17. The molecule has 0 bridgehead atoms. The van der Waals surface area contributed by atoms with Crippen molar-refractivity contribution in [3.63, 3.8) is 0 Å². The molecule has 2 N–H and O–H groups in total. The number of aromatic carboxylic acids is 1. The lowest BCUT2D eigenvalue weighted by Crippen LogP contribution is -1.97. The molecule has 0 saturated carbocycles. The van der Waals surface area contributed by atoms with Crippen molar-refractivity contribution in [1.82, 2.24) is 0 Å². The molecule has 0 aliphatic rings. The van der Waals surface area contributed by atoms with E-state index in [1.165, 1.54) is 6.07 Å². The van der Waals surface area contributed by atoms with Crippen molar-refractivity contribution >= 4 is 40.7 Å². The summed E-state index contributed by atoms with van der Waals surface area (Å²) in [6.07, 6.45) is 0. The summed E-state index contributed by atoms with van der Waals surface area (Å²) in [5.74, 6) is -1.31. The minimum atomic E-state index is -1.11. The highest BCUT2D eigenvalue weighted by Crippen LogP contribution is 2.26. The van der Waals surface area contributed by atoms with Gasteiger partial charge in [0.05, 0.1) is 0 Å². The molecule has 0 aliphatic carbocycles. The third-order valence-corrected chi connectivity index (χ3v) is 2.12. The first-order valence-corrected chi connectivity index (χ1v) is 4.14. The summed E-state index contributed by atoms with van der Waals surface area (Å²) in [5, 5.41) is 19.7. The van der Waals surface area contributed by atoms with Gasteiger partial charge in [-0.25, -0.2) is 4.79 Å². The number of hydrogen-bond acceptors (Lipinski definition) is 2. The van der Waals surface area contributed by atoms with Gasteiger partial charge in [-0.3, -0.25) is 0 Å². The molecule has 0 spiro atoms. The molecule has 2 aromatic carbocycles. The third-order valence-electron chi connectivity index (χ3n) is 2.12. The molecule has 4 heteroatoms. The first-order chi connectivity index (χ1) is 6.70. The molecular weight excluding hydrogens is 307 g/mol. The van der Waals surface area contributed by atoms with Gasteiger partial charge in [-0.2, -0.15) is 0 Å². The Kier molecular flexibility index (Phi) is 3.52. The minimum Gasteiger partial charge on any atom is -0.507 e. The number of hydrogen-bond donors (Lipinski definition) is 2. The Morgan fingerprint density at radius 2 is 1.73 bits per heavy atom. The van der Waals surface area contributed by atoms with Crippen LogP contribution >= 0.6 is 24.0 Å². The number of carboxylic acids is 1. The Hall–Kier alpha value is -1.30. The van der Waals surface area contributed by atoms with E-state index in [2.05, 4.69) is 0 Å². The van der Waals surface area contributed by atoms with E-state index in [0.29, 0.717) is 5.39 Å². The molecule has 0 atom stereocenters. The molecule has 0 unspecified atom stereocenters. The van der Waals surface area contributed by atoms with Crippen LogP contribution in [-0.2, 0) is 0 Å². The van der Waals surface area contributed by atoms with E-state index in [1.54, 1.807) is 24.3 Å². The molecule has 0 aromatic heterocycles. The van der Waals surface area contributed by atoms with Crippen LogP contribution in [0.3, 0.4) is 0 Å². The molecule has 15 heavy (non-hydrogen) atoms. The van der Waals surface area contributed by atoms with Gasteiger partial charge in [0, 0.05) is 0 Å². The molecule has 0 radical (unpaired) electrons. The Bertz CT molecular complexity index is 508. The molecule has 0 aliphatic heterocycles. The number of phenols is 1. The van der Waals surface area contributed by atoms with Crippen molar-refractivity contribution in [3.05, 3.63) is 42.0 Å². The van der Waals surface area contributed by atoms with Crippen LogP contribution in [0.25, 0.3) is 10.8 Å². The fraction of sp³-hybridized carbons (Fsp3) is 0. The monoisotopic (exact) mass is 316 g/mol. The highest BCUT2D eigenvalue weighted by molar-refractivity contribution is 14.0. The number of carboxylic acid groups (broad SMARTS) is 1. The van der Waals surface area contributed by atoms with Crippen LogP contribution in [-0.4, -0.2) is 16.2 Å². The summed E-state index contributed by atoms with van der Waals surface area (Å²) >= 11 is 0. The van der Waals surface area contributed by atoms with Crippen LogP contribution < -0.4 is 0 Å². The van der Waals surface area contributed by atoms with Crippen molar-refractivity contribution in [2.24, 2.45) is 0 Å². The summed E-state index contributed by atoms with van der Waals surface area (Å²) in [6.45, 7) is 0. The van der Waals surface area contributed by atoms with Crippen molar-refractivity contribution in [1.29, 1.82) is 0 Å². The standard InChI is InChI=1S/C11H8O3.HI/c12-9-6-5-7-3-1-2-4-8(7)10(9)11(13)14;/h1-6,12H,(H,13,14);1H. The minimum absolute atomic E-state index is 0. The topological polar surface area (TPSA) is 57.5 Å². The molecular formula is C11H9IO3. The maximum absolute atomic E-state index is 10.9. The second kappa shape index (κ2) is 4.48. The molecule has 2 rings (SSSR count). The van der Waals surface area contributed by atoms with Crippen LogP contribution in [0.2, 0.25) is 0 Å². The lowest BCUT2D eigenvalue weighted by Gasteiger charge is -2.03. The summed E-state index contributed by atoms with van der Waals surface area (Å²) in [7, 11) is 0. The van der Waals surface area contributed by atoms with Crippen LogP contribution in [0.15, 0.2) is 36.4 Å². The summed E-state index contributed by atoms with van der Waals surface area (Å²) in [6, 6.07) is 10.1. The van der Waals surface area contributed by atoms with E-state index in [-0.39, 0.29) is 35.3 Å². The zero-order valence-electron chi connectivity index (χ0n) is 7.68. The Labute approximate surface area is 103 Å². The van der Waals surface area contributed by atoms with E-state index in [4.69, 9.17) is 5.11 Å². The van der Waals surface area contributed by atoms with Gasteiger partial charge in [-0.05, 0) is 16.8 Å².